The molecule has 1 aliphatic heterocycles. The van der Waals surface area contributed by atoms with Crippen molar-refractivity contribution >= 4 is 64.3 Å². The SMILES string of the molecule is C=CCN(CC=C)P1(N(CC=C)CC=C)=NP(Cl)(Cl)=NP(Cl)(Cl)=N1. The van der Waals surface area contributed by atoms with Crippen molar-refractivity contribution in [2.45, 2.75) is 0 Å². The third-order valence-electron chi connectivity index (χ3n) is 2.79. The maximum atomic E-state index is 6.34. The summed E-state index contributed by atoms with van der Waals surface area (Å²) in [5.41, 5.74) is 0. The highest BCUT2D eigenvalue weighted by Crippen LogP contribution is 2.86. The van der Waals surface area contributed by atoms with Gasteiger partial charge < -0.3 is 0 Å². The molecule has 5 nitrogen and oxygen atoms in total. The summed E-state index contributed by atoms with van der Waals surface area (Å²) < 4.78 is 17.3. The first kappa shape index (κ1) is 22.8. The fourth-order valence-corrected chi connectivity index (χ4v) is 18.3. The lowest BCUT2D eigenvalue weighted by atomic mass is 10.5. The van der Waals surface area contributed by atoms with Crippen LogP contribution in [0.4, 0.5) is 0 Å². The predicted molar refractivity (Wildman–Crippen MR) is 115 cm³/mol. The fraction of sp³-hybridized carbons (Fsp3) is 0.333. The van der Waals surface area contributed by atoms with Crippen LogP contribution in [-0.2, 0) is 0 Å². The van der Waals surface area contributed by atoms with Crippen LogP contribution in [0.15, 0.2) is 64.2 Å². The summed E-state index contributed by atoms with van der Waals surface area (Å²) >= 11 is 25.4. The molecular formula is C12H20Cl4N5P3. The minimum atomic E-state index is -3.07. The van der Waals surface area contributed by atoms with Crippen molar-refractivity contribution in [1.29, 1.82) is 0 Å². The third kappa shape index (κ3) is 5.88. The molecule has 136 valence electrons. The molecular weight excluding hydrogens is 449 g/mol. The van der Waals surface area contributed by atoms with Gasteiger partial charge in [-0.25, -0.2) is 9.34 Å². The van der Waals surface area contributed by atoms with Gasteiger partial charge in [-0.05, 0) is 45.0 Å². The van der Waals surface area contributed by atoms with Crippen molar-refractivity contribution in [3.8, 4) is 0 Å². The van der Waals surface area contributed by atoms with Gasteiger partial charge in [0.05, 0.1) is 0 Å². The summed E-state index contributed by atoms with van der Waals surface area (Å²) in [7, 11) is -2.81. The summed E-state index contributed by atoms with van der Waals surface area (Å²) in [5.74, 6) is -6.13. The number of nitrogens with zero attached hydrogens (tertiary/aromatic N) is 5. The van der Waals surface area contributed by atoms with Crippen molar-refractivity contribution in [1.82, 2.24) is 9.34 Å². The Hall–Kier alpha value is 0.730. The zero-order chi connectivity index (χ0) is 18.4. The summed E-state index contributed by atoms with van der Waals surface area (Å²) in [5, 5.41) is 0. The molecule has 0 aromatic rings. The Balaban J connectivity index is 3.78. The number of hydrogen-bond acceptors (Lipinski definition) is 5. The van der Waals surface area contributed by atoms with Crippen LogP contribution < -0.4 is 0 Å². The normalized spacial score (nSPS) is 20.4. The fourth-order valence-electron chi connectivity index (χ4n) is 2.06. The average Bonchev–Trinajstić information content (AvgIpc) is 2.43. The molecule has 0 unspecified atom stereocenters. The Morgan fingerprint density at radius 3 is 1.25 bits per heavy atom. The molecule has 24 heavy (non-hydrogen) atoms. The maximum Gasteiger partial charge on any atom is 0.257 e. The first-order valence-electron chi connectivity index (χ1n) is 6.81. The van der Waals surface area contributed by atoms with Gasteiger partial charge in [0.1, 0.15) is 0 Å². The second-order valence-electron chi connectivity index (χ2n) is 4.61. The van der Waals surface area contributed by atoms with Crippen molar-refractivity contribution in [3.05, 3.63) is 50.6 Å². The molecule has 0 amide bonds. The van der Waals surface area contributed by atoms with E-state index in [1.165, 1.54) is 0 Å². The van der Waals surface area contributed by atoms with Crippen LogP contribution in [0.2, 0.25) is 0 Å². The maximum absolute atomic E-state index is 6.34. The molecule has 1 rings (SSSR count). The van der Waals surface area contributed by atoms with E-state index >= 15 is 0 Å². The Morgan fingerprint density at radius 1 is 0.625 bits per heavy atom. The van der Waals surface area contributed by atoms with Gasteiger partial charge in [0.15, 0.2) is 0 Å². The lowest BCUT2D eigenvalue weighted by molar-refractivity contribution is 0.460. The standard InChI is InChI=1S/C12H20Cl4N5P3/c1-5-9-20(10-6-2)24(21(11-7-3)12-8-4)18-22(13,14)17-23(15,16)19-24/h5-8H,1-4,9-12H2. The zero-order valence-electron chi connectivity index (χ0n) is 13.1. The molecule has 0 N–H and O–H groups in total. The van der Waals surface area contributed by atoms with Crippen LogP contribution in [0.3, 0.4) is 0 Å². The Kier molecular flexibility index (Phi) is 9.11. The first-order valence-corrected chi connectivity index (χ1v) is 15.4. The Labute approximate surface area is 163 Å². The van der Waals surface area contributed by atoms with E-state index in [-0.39, 0.29) is 0 Å². The quantitative estimate of drug-likeness (QED) is 0.240. The Morgan fingerprint density at radius 2 is 0.958 bits per heavy atom. The summed E-state index contributed by atoms with van der Waals surface area (Å²) in [4.78, 5) is 0. The summed E-state index contributed by atoms with van der Waals surface area (Å²) in [6.45, 7) is 17.1. The second kappa shape index (κ2) is 9.60. The molecule has 0 saturated carbocycles. The van der Waals surface area contributed by atoms with Gasteiger partial charge in [0, 0.05) is 26.2 Å². The minimum absolute atomic E-state index is 0.485. The van der Waals surface area contributed by atoms with Gasteiger partial charge in [-0.2, -0.15) is 13.5 Å². The molecule has 0 bridgehead atoms. The second-order valence-corrected chi connectivity index (χ2v) is 17.5. The Bertz CT molecular complexity index is 623. The van der Waals surface area contributed by atoms with Crippen molar-refractivity contribution in [3.63, 3.8) is 0 Å². The van der Waals surface area contributed by atoms with Crippen LogP contribution in [-0.4, -0.2) is 35.5 Å². The van der Waals surface area contributed by atoms with E-state index in [4.69, 9.17) is 45.0 Å². The largest absolute Gasteiger partial charge is 0.257 e. The van der Waals surface area contributed by atoms with E-state index in [0.717, 1.165) is 0 Å². The van der Waals surface area contributed by atoms with E-state index < -0.39 is 19.3 Å². The minimum Gasteiger partial charge on any atom is -0.232 e. The molecule has 0 radical (unpaired) electrons. The van der Waals surface area contributed by atoms with Gasteiger partial charge in [0.2, 0.25) is 7.51 Å². The first-order chi connectivity index (χ1) is 11.2. The van der Waals surface area contributed by atoms with Crippen LogP contribution in [0, 0.1) is 0 Å². The highest BCUT2D eigenvalue weighted by atomic mass is 35.9. The van der Waals surface area contributed by atoms with Crippen molar-refractivity contribution in [2.75, 3.05) is 26.2 Å². The lowest BCUT2D eigenvalue weighted by Gasteiger charge is -2.41. The van der Waals surface area contributed by atoms with E-state index in [0.29, 0.717) is 26.2 Å². The van der Waals surface area contributed by atoms with Crippen LogP contribution >= 0.6 is 64.3 Å². The van der Waals surface area contributed by atoms with E-state index in [2.05, 4.69) is 39.9 Å². The monoisotopic (exact) mass is 467 g/mol. The summed E-state index contributed by atoms with van der Waals surface area (Å²) in [6, 6.07) is 0. The number of rotatable bonds is 10. The lowest BCUT2D eigenvalue weighted by Crippen LogP contribution is -2.32. The van der Waals surface area contributed by atoms with Crippen LogP contribution in [0.25, 0.3) is 0 Å². The van der Waals surface area contributed by atoms with Crippen LogP contribution in [0.5, 0.6) is 0 Å². The van der Waals surface area contributed by atoms with Gasteiger partial charge in [-0.1, -0.05) is 24.3 Å². The molecule has 12 heteroatoms. The molecule has 0 aromatic carbocycles. The molecule has 1 heterocycles. The summed E-state index contributed by atoms with van der Waals surface area (Å²) in [6.07, 6.45) is 6.97. The van der Waals surface area contributed by atoms with Gasteiger partial charge in [-0.3, -0.25) is 0 Å². The highest BCUT2D eigenvalue weighted by molar-refractivity contribution is 8.20. The van der Waals surface area contributed by atoms with Gasteiger partial charge >= 0.3 is 0 Å². The van der Waals surface area contributed by atoms with Gasteiger partial charge in [0.25, 0.3) is 11.8 Å². The molecule has 0 fully saturated rings. The van der Waals surface area contributed by atoms with Gasteiger partial charge in [-0.15, -0.1) is 26.3 Å². The van der Waals surface area contributed by atoms with E-state index in [1.54, 1.807) is 24.3 Å². The average molecular weight is 469 g/mol. The molecule has 0 aliphatic carbocycles. The molecule has 0 saturated heterocycles. The van der Waals surface area contributed by atoms with E-state index in [9.17, 15) is 0 Å². The topological polar surface area (TPSA) is 43.6 Å². The number of hydrogen-bond donors (Lipinski definition) is 0. The smallest absolute Gasteiger partial charge is 0.232 e. The number of halogens is 4. The van der Waals surface area contributed by atoms with Crippen molar-refractivity contribution in [2.24, 2.45) is 13.5 Å². The predicted octanol–water partition coefficient (Wildman–Crippen LogP) is 8.14. The zero-order valence-corrected chi connectivity index (χ0v) is 18.8. The van der Waals surface area contributed by atoms with Crippen molar-refractivity contribution < 1.29 is 0 Å². The third-order valence-corrected chi connectivity index (χ3v) is 15.2. The molecule has 0 atom stereocenters. The molecule has 0 aromatic heterocycles. The molecule has 0 spiro atoms. The highest BCUT2D eigenvalue weighted by Gasteiger charge is 2.41. The molecule has 1 aliphatic rings. The van der Waals surface area contributed by atoms with Crippen LogP contribution in [0.1, 0.15) is 0 Å². The van der Waals surface area contributed by atoms with E-state index in [1.807, 2.05) is 9.34 Å².